The van der Waals surface area contributed by atoms with Crippen molar-refractivity contribution >= 4 is 11.8 Å². The molecule has 1 N–H and O–H groups in total. The lowest BCUT2D eigenvalue weighted by atomic mass is 10.2. The van der Waals surface area contributed by atoms with Gasteiger partial charge in [-0.1, -0.05) is 30.3 Å². The van der Waals surface area contributed by atoms with Crippen molar-refractivity contribution in [2.24, 2.45) is 0 Å². The SMILES string of the molecule is COc1cc(OC)cc(C(=O)NCCC(=O)N2CCN(Cc3ccccc3)CC2)c1. The second-order valence-corrected chi connectivity index (χ2v) is 7.25. The molecule has 7 nitrogen and oxygen atoms in total. The number of amides is 2. The van der Waals surface area contributed by atoms with Crippen LogP contribution in [0.25, 0.3) is 0 Å². The van der Waals surface area contributed by atoms with Crippen LogP contribution < -0.4 is 14.8 Å². The molecule has 2 amide bonds. The molecular formula is C23H29N3O4. The number of hydrogen-bond acceptors (Lipinski definition) is 5. The third-order valence-corrected chi connectivity index (χ3v) is 5.21. The lowest BCUT2D eigenvalue weighted by Gasteiger charge is -2.34. The van der Waals surface area contributed by atoms with Crippen molar-refractivity contribution in [1.82, 2.24) is 15.1 Å². The van der Waals surface area contributed by atoms with E-state index >= 15 is 0 Å². The monoisotopic (exact) mass is 411 g/mol. The molecule has 0 spiro atoms. The van der Waals surface area contributed by atoms with Gasteiger partial charge in [0.15, 0.2) is 0 Å². The predicted molar refractivity (Wildman–Crippen MR) is 115 cm³/mol. The van der Waals surface area contributed by atoms with Gasteiger partial charge in [-0.15, -0.1) is 0 Å². The Kier molecular flexibility index (Phi) is 7.68. The molecule has 1 aliphatic heterocycles. The standard InChI is InChI=1S/C23H29N3O4/c1-29-20-14-19(15-21(16-20)30-2)23(28)24-9-8-22(27)26-12-10-25(11-13-26)17-18-6-4-3-5-7-18/h3-7,14-16H,8-13,17H2,1-2H3,(H,24,28). The number of benzene rings is 2. The molecule has 160 valence electrons. The zero-order valence-corrected chi connectivity index (χ0v) is 17.6. The quantitative estimate of drug-likeness (QED) is 0.721. The average molecular weight is 412 g/mol. The number of ether oxygens (including phenoxy) is 2. The number of carbonyl (C=O) groups is 2. The van der Waals surface area contributed by atoms with E-state index in [0.29, 0.717) is 36.7 Å². The fourth-order valence-corrected chi connectivity index (χ4v) is 3.48. The van der Waals surface area contributed by atoms with E-state index in [-0.39, 0.29) is 18.2 Å². The first-order chi connectivity index (χ1) is 14.6. The summed E-state index contributed by atoms with van der Waals surface area (Å²) in [4.78, 5) is 29.1. The second kappa shape index (κ2) is 10.6. The fourth-order valence-electron chi connectivity index (χ4n) is 3.48. The molecule has 0 unspecified atom stereocenters. The molecule has 0 radical (unpaired) electrons. The van der Waals surface area contributed by atoms with Gasteiger partial charge in [0.05, 0.1) is 14.2 Å². The number of nitrogens with one attached hydrogen (secondary N) is 1. The first-order valence-corrected chi connectivity index (χ1v) is 10.1. The van der Waals surface area contributed by atoms with Crippen molar-refractivity contribution in [2.45, 2.75) is 13.0 Å². The number of rotatable bonds is 8. The molecule has 3 rings (SSSR count). The second-order valence-electron chi connectivity index (χ2n) is 7.25. The summed E-state index contributed by atoms with van der Waals surface area (Å²) >= 11 is 0. The van der Waals surface area contributed by atoms with Crippen LogP contribution in [0.1, 0.15) is 22.3 Å². The van der Waals surface area contributed by atoms with Gasteiger partial charge in [0.1, 0.15) is 11.5 Å². The summed E-state index contributed by atoms with van der Waals surface area (Å²) in [6, 6.07) is 15.4. The van der Waals surface area contributed by atoms with E-state index in [1.54, 1.807) is 18.2 Å². The minimum Gasteiger partial charge on any atom is -0.497 e. The van der Waals surface area contributed by atoms with Crippen molar-refractivity contribution < 1.29 is 19.1 Å². The zero-order valence-electron chi connectivity index (χ0n) is 17.6. The lowest BCUT2D eigenvalue weighted by Crippen LogP contribution is -2.48. The highest BCUT2D eigenvalue weighted by atomic mass is 16.5. The fraction of sp³-hybridized carbons (Fsp3) is 0.391. The number of hydrogen-bond donors (Lipinski definition) is 1. The summed E-state index contributed by atoms with van der Waals surface area (Å²) in [5.74, 6) is 0.901. The summed E-state index contributed by atoms with van der Waals surface area (Å²) in [6.45, 7) is 4.34. The van der Waals surface area contributed by atoms with Gasteiger partial charge in [0, 0.05) is 57.3 Å². The topological polar surface area (TPSA) is 71.1 Å². The lowest BCUT2D eigenvalue weighted by molar-refractivity contribution is -0.132. The number of carbonyl (C=O) groups excluding carboxylic acids is 2. The Labute approximate surface area is 177 Å². The summed E-state index contributed by atoms with van der Waals surface area (Å²) in [5.41, 5.74) is 1.72. The molecule has 0 atom stereocenters. The third kappa shape index (κ3) is 5.97. The molecule has 1 fully saturated rings. The maximum Gasteiger partial charge on any atom is 0.251 e. The van der Waals surface area contributed by atoms with Crippen molar-refractivity contribution in [2.75, 3.05) is 46.9 Å². The molecule has 0 aromatic heterocycles. The van der Waals surface area contributed by atoms with E-state index < -0.39 is 0 Å². The van der Waals surface area contributed by atoms with Gasteiger partial charge in [-0.3, -0.25) is 14.5 Å². The minimum atomic E-state index is -0.257. The molecule has 0 saturated carbocycles. The molecule has 2 aromatic carbocycles. The van der Waals surface area contributed by atoms with E-state index in [0.717, 1.165) is 19.6 Å². The van der Waals surface area contributed by atoms with Gasteiger partial charge in [0.2, 0.25) is 5.91 Å². The molecule has 0 bridgehead atoms. The highest BCUT2D eigenvalue weighted by Crippen LogP contribution is 2.22. The van der Waals surface area contributed by atoms with Gasteiger partial charge in [-0.05, 0) is 17.7 Å². The first kappa shape index (κ1) is 21.6. The van der Waals surface area contributed by atoms with E-state index in [9.17, 15) is 9.59 Å². The Balaban J connectivity index is 1.41. The van der Waals surface area contributed by atoms with Crippen LogP contribution in [0.5, 0.6) is 11.5 Å². The van der Waals surface area contributed by atoms with Gasteiger partial charge in [-0.2, -0.15) is 0 Å². The molecule has 1 aliphatic rings. The molecular weight excluding hydrogens is 382 g/mol. The first-order valence-electron chi connectivity index (χ1n) is 10.1. The Morgan fingerprint density at radius 1 is 0.933 bits per heavy atom. The Morgan fingerprint density at radius 2 is 1.57 bits per heavy atom. The highest BCUT2D eigenvalue weighted by molar-refractivity contribution is 5.95. The summed E-state index contributed by atoms with van der Waals surface area (Å²) < 4.78 is 10.4. The van der Waals surface area contributed by atoms with Gasteiger partial charge in [-0.25, -0.2) is 0 Å². The maximum absolute atomic E-state index is 12.5. The average Bonchev–Trinajstić information content (AvgIpc) is 2.79. The molecule has 1 saturated heterocycles. The van der Waals surface area contributed by atoms with E-state index in [4.69, 9.17) is 9.47 Å². The van der Waals surface area contributed by atoms with Crippen molar-refractivity contribution in [3.63, 3.8) is 0 Å². The van der Waals surface area contributed by atoms with Crippen molar-refractivity contribution in [3.8, 4) is 11.5 Å². The Hall–Kier alpha value is -3.06. The van der Waals surface area contributed by atoms with Crippen LogP contribution in [-0.2, 0) is 11.3 Å². The van der Waals surface area contributed by atoms with Gasteiger partial charge < -0.3 is 19.7 Å². The number of methoxy groups -OCH3 is 2. The molecule has 1 heterocycles. The Bertz CT molecular complexity index is 827. The summed E-state index contributed by atoms with van der Waals surface area (Å²) in [6.07, 6.45) is 0.283. The van der Waals surface area contributed by atoms with Crippen LogP contribution >= 0.6 is 0 Å². The number of piperazine rings is 1. The highest BCUT2D eigenvalue weighted by Gasteiger charge is 2.21. The van der Waals surface area contributed by atoms with Crippen LogP contribution in [0.2, 0.25) is 0 Å². The number of nitrogens with zero attached hydrogens (tertiary/aromatic N) is 2. The van der Waals surface area contributed by atoms with Crippen LogP contribution in [0, 0.1) is 0 Å². The van der Waals surface area contributed by atoms with Crippen LogP contribution in [-0.4, -0.2) is 68.6 Å². The molecule has 2 aromatic rings. The predicted octanol–water partition coefficient (Wildman–Crippen LogP) is 2.17. The Morgan fingerprint density at radius 3 is 2.17 bits per heavy atom. The van der Waals surface area contributed by atoms with Crippen molar-refractivity contribution in [1.29, 1.82) is 0 Å². The van der Waals surface area contributed by atoms with Crippen molar-refractivity contribution in [3.05, 3.63) is 59.7 Å². The van der Waals surface area contributed by atoms with Crippen LogP contribution in [0.4, 0.5) is 0 Å². The van der Waals surface area contributed by atoms with Gasteiger partial charge >= 0.3 is 0 Å². The normalized spacial score (nSPS) is 14.3. The smallest absolute Gasteiger partial charge is 0.251 e. The van der Waals surface area contributed by atoms with E-state index in [2.05, 4.69) is 22.3 Å². The maximum atomic E-state index is 12.5. The van der Waals surface area contributed by atoms with Gasteiger partial charge in [0.25, 0.3) is 5.91 Å². The van der Waals surface area contributed by atoms with Crippen LogP contribution in [0.15, 0.2) is 48.5 Å². The summed E-state index contributed by atoms with van der Waals surface area (Å²) in [7, 11) is 3.07. The van der Waals surface area contributed by atoms with E-state index in [1.165, 1.54) is 19.8 Å². The summed E-state index contributed by atoms with van der Waals surface area (Å²) in [5, 5.41) is 2.81. The molecule has 7 heteroatoms. The van der Waals surface area contributed by atoms with Crippen LogP contribution in [0.3, 0.4) is 0 Å². The third-order valence-electron chi connectivity index (χ3n) is 5.21. The molecule has 0 aliphatic carbocycles. The largest absolute Gasteiger partial charge is 0.497 e. The molecule has 30 heavy (non-hydrogen) atoms. The minimum absolute atomic E-state index is 0.0675. The van der Waals surface area contributed by atoms with E-state index in [1.807, 2.05) is 23.1 Å². The zero-order chi connectivity index (χ0) is 21.3.